The molecule has 88 valence electrons. The van der Waals surface area contributed by atoms with Crippen molar-refractivity contribution >= 4 is 17.8 Å². The van der Waals surface area contributed by atoms with Gasteiger partial charge in [-0.3, -0.25) is 14.8 Å². The van der Waals surface area contributed by atoms with Crippen LogP contribution in [0.4, 0.5) is 5.69 Å². The van der Waals surface area contributed by atoms with Crippen LogP contribution in [-0.2, 0) is 11.2 Å². The van der Waals surface area contributed by atoms with Gasteiger partial charge >= 0.3 is 0 Å². The molecule has 1 aliphatic heterocycles. The van der Waals surface area contributed by atoms with Crippen LogP contribution in [0, 0.1) is 5.92 Å². The molecule has 0 radical (unpaired) electrons. The molecule has 1 amide bonds. The molecule has 2 aliphatic rings. The lowest BCUT2D eigenvalue weighted by Crippen LogP contribution is -2.28. The number of aromatic nitrogens is 1. The van der Waals surface area contributed by atoms with Gasteiger partial charge in [-0.1, -0.05) is 0 Å². The quantitative estimate of drug-likeness (QED) is 0.770. The van der Waals surface area contributed by atoms with Crippen molar-refractivity contribution in [3.63, 3.8) is 0 Å². The minimum Gasteiger partial charge on any atom is -0.314 e. The van der Waals surface area contributed by atoms with Crippen LogP contribution in [0.2, 0.25) is 0 Å². The second-order valence-electron chi connectivity index (χ2n) is 4.69. The molecule has 1 fully saturated rings. The Morgan fingerprint density at radius 3 is 3.06 bits per heavy atom. The monoisotopic (exact) mass is 229 g/mol. The molecule has 1 aliphatic carbocycles. The van der Waals surface area contributed by atoms with Crippen molar-refractivity contribution in [2.24, 2.45) is 10.9 Å². The van der Waals surface area contributed by atoms with Crippen molar-refractivity contribution in [3.8, 4) is 0 Å². The summed E-state index contributed by atoms with van der Waals surface area (Å²) in [6.07, 6.45) is 6.60. The van der Waals surface area contributed by atoms with Crippen LogP contribution in [-0.4, -0.2) is 30.7 Å². The second kappa shape index (κ2) is 3.95. The summed E-state index contributed by atoms with van der Waals surface area (Å²) in [6, 6.07) is 2.01. The minimum atomic E-state index is 0.208. The Morgan fingerprint density at radius 1 is 1.47 bits per heavy atom. The predicted molar refractivity (Wildman–Crippen MR) is 66.5 cm³/mol. The summed E-state index contributed by atoms with van der Waals surface area (Å²) in [5.74, 6) is 0.448. The van der Waals surface area contributed by atoms with E-state index in [0.717, 1.165) is 42.8 Å². The Hall–Kier alpha value is -1.71. The van der Waals surface area contributed by atoms with Crippen LogP contribution in [0.5, 0.6) is 0 Å². The molecular formula is C13H15N3O. The number of amides is 1. The lowest BCUT2D eigenvalue weighted by atomic mass is 10.1. The Labute approximate surface area is 100 Å². The van der Waals surface area contributed by atoms with E-state index in [9.17, 15) is 4.79 Å². The lowest BCUT2D eigenvalue weighted by molar-refractivity contribution is -0.119. The highest BCUT2D eigenvalue weighted by Crippen LogP contribution is 2.32. The molecule has 1 aromatic rings. The van der Waals surface area contributed by atoms with Gasteiger partial charge in [0.25, 0.3) is 0 Å². The van der Waals surface area contributed by atoms with E-state index in [1.54, 1.807) is 11.1 Å². The van der Waals surface area contributed by atoms with Gasteiger partial charge in [-0.25, -0.2) is 0 Å². The second-order valence-corrected chi connectivity index (χ2v) is 4.69. The first-order valence-corrected chi connectivity index (χ1v) is 6.02. The number of pyridine rings is 1. The summed E-state index contributed by atoms with van der Waals surface area (Å²) in [4.78, 5) is 22.3. The Balaban J connectivity index is 1.88. The Morgan fingerprint density at radius 2 is 2.29 bits per heavy atom. The molecule has 0 saturated heterocycles. The number of hydrogen-bond donors (Lipinski definition) is 0. The van der Waals surface area contributed by atoms with Gasteiger partial charge in [-0.2, -0.15) is 0 Å². The van der Waals surface area contributed by atoms with Crippen molar-refractivity contribution in [3.05, 3.63) is 23.5 Å². The summed E-state index contributed by atoms with van der Waals surface area (Å²) in [7, 11) is 1.82. The fourth-order valence-corrected chi connectivity index (χ4v) is 2.07. The number of fused-ring (bicyclic) bond motifs is 1. The first kappa shape index (κ1) is 10.4. The highest BCUT2D eigenvalue weighted by molar-refractivity contribution is 5.96. The van der Waals surface area contributed by atoms with E-state index in [1.165, 1.54) is 0 Å². The summed E-state index contributed by atoms with van der Waals surface area (Å²) >= 11 is 0. The third-order valence-corrected chi connectivity index (χ3v) is 3.34. The third-order valence-electron chi connectivity index (χ3n) is 3.34. The SMILES string of the molecule is CN(C(=O)C1CC1)c1cnc2c(c1)C=NCC2. The smallest absolute Gasteiger partial charge is 0.229 e. The van der Waals surface area contributed by atoms with E-state index < -0.39 is 0 Å². The number of aliphatic imine (C=N–C) groups is 1. The summed E-state index contributed by atoms with van der Waals surface area (Å²) < 4.78 is 0. The third kappa shape index (κ3) is 1.95. The van der Waals surface area contributed by atoms with Crippen LogP contribution >= 0.6 is 0 Å². The fraction of sp³-hybridized carbons (Fsp3) is 0.462. The fourth-order valence-electron chi connectivity index (χ4n) is 2.07. The number of nitrogens with zero attached hydrogens (tertiary/aromatic N) is 3. The van der Waals surface area contributed by atoms with Crippen LogP contribution < -0.4 is 4.90 Å². The van der Waals surface area contributed by atoms with E-state index in [1.807, 2.05) is 19.3 Å². The standard InChI is InChI=1S/C13H15N3O/c1-16(13(17)9-2-3-9)11-6-10-7-14-5-4-12(10)15-8-11/h6-9H,2-5H2,1H3. The van der Waals surface area contributed by atoms with Gasteiger partial charge in [-0.05, 0) is 18.9 Å². The number of rotatable bonds is 2. The summed E-state index contributed by atoms with van der Waals surface area (Å²) in [5.41, 5.74) is 2.99. The molecule has 2 heterocycles. The largest absolute Gasteiger partial charge is 0.314 e. The molecule has 0 atom stereocenters. The molecule has 0 aromatic carbocycles. The maximum absolute atomic E-state index is 11.9. The Bertz CT molecular complexity index is 491. The zero-order chi connectivity index (χ0) is 11.8. The number of carbonyl (C=O) groups excluding carboxylic acids is 1. The van der Waals surface area contributed by atoms with Crippen LogP contribution in [0.15, 0.2) is 17.3 Å². The van der Waals surface area contributed by atoms with Gasteiger partial charge in [0.1, 0.15) is 0 Å². The van der Waals surface area contributed by atoms with Crippen LogP contribution in [0.25, 0.3) is 0 Å². The van der Waals surface area contributed by atoms with E-state index in [4.69, 9.17) is 0 Å². The molecule has 17 heavy (non-hydrogen) atoms. The summed E-state index contributed by atoms with van der Waals surface area (Å²) in [5, 5.41) is 0. The molecule has 0 unspecified atom stereocenters. The Kier molecular flexibility index (Phi) is 2.42. The molecule has 4 heteroatoms. The van der Waals surface area contributed by atoms with Crippen LogP contribution in [0.3, 0.4) is 0 Å². The van der Waals surface area contributed by atoms with E-state index in [0.29, 0.717) is 0 Å². The van der Waals surface area contributed by atoms with E-state index in [2.05, 4.69) is 9.98 Å². The molecule has 0 N–H and O–H groups in total. The number of carbonyl (C=O) groups is 1. The van der Waals surface area contributed by atoms with Gasteiger partial charge < -0.3 is 4.90 Å². The predicted octanol–water partition coefficient (Wildman–Crippen LogP) is 1.43. The van der Waals surface area contributed by atoms with Crippen molar-refractivity contribution < 1.29 is 4.79 Å². The maximum Gasteiger partial charge on any atom is 0.229 e. The zero-order valence-corrected chi connectivity index (χ0v) is 9.89. The van der Waals surface area contributed by atoms with E-state index >= 15 is 0 Å². The average Bonchev–Trinajstić information content (AvgIpc) is 3.21. The molecule has 0 bridgehead atoms. The van der Waals surface area contributed by atoms with Gasteiger partial charge in [-0.15, -0.1) is 0 Å². The van der Waals surface area contributed by atoms with Crippen LogP contribution in [0.1, 0.15) is 24.1 Å². The zero-order valence-electron chi connectivity index (χ0n) is 9.89. The van der Waals surface area contributed by atoms with Crippen molar-refractivity contribution in [1.29, 1.82) is 0 Å². The van der Waals surface area contributed by atoms with Crippen molar-refractivity contribution in [2.45, 2.75) is 19.3 Å². The van der Waals surface area contributed by atoms with Crippen molar-refractivity contribution in [1.82, 2.24) is 4.98 Å². The minimum absolute atomic E-state index is 0.208. The molecule has 1 saturated carbocycles. The normalized spacial score (nSPS) is 17.7. The first-order valence-electron chi connectivity index (χ1n) is 6.02. The molecular weight excluding hydrogens is 214 g/mol. The van der Waals surface area contributed by atoms with Gasteiger partial charge in [0.15, 0.2) is 0 Å². The highest BCUT2D eigenvalue weighted by Gasteiger charge is 2.32. The summed E-state index contributed by atoms with van der Waals surface area (Å²) in [6.45, 7) is 0.816. The number of anilines is 1. The van der Waals surface area contributed by atoms with E-state index in [-0.39, 0.29) is 11.8 Å². The topological polar surface area (TPSA) is 45.6 Å². The van der Waals surface area contributed by atoms with Gasteiger partial charge in [0, 0.05) is 37.7 Å². The van der Waals surface area contributed by atoms with Gasteiger partial charge in [0.2, 0.25) is 5.91 Å². The highest BCUT2D eigenvalue weighted by atomic mass is 16.2. The molecule has 3 rings (SSSR count). The van der Waals surface area contributed by atoms with Crippen molar-refractivity contribution in [2.75, 3.05) is 18.5 Å². The molecule has 1 aromatic heterocycles. The van der Waals surface area contributed by atoms with Gasteiger partial charge in [0.05, 0.1) is 17.6 Å². The lowest BCUT2D eigenvalue weighted by Gasteiger charge is -2.18. The first-order chi connectivity index (χ1) is 8.25. The number of hydrogen-bond acceptors (Lipinski definition) is 3. The molecule has 4 nitrogen and oxygen atoms in total. The molecule has 0 spiro atoms. The maximum atomic E-state index is 11.9. The average molecular weight is 229 g/mol.